The zero-order valence-corrected chi connectivity index (χ0v) is 16.3. The number of hydrogen-bond donors (Lipinski definition) is 1. The Balaban J connectivity index is 0.00000196. The van der Waals surface area contributed by atoms with Crippen molar-refractivity contribution in [3.63, 3.8) is 0 Å². The maximum absolute atomic E-state index is 13.1. The number of nitrogens with zero attached hydrogens (tertiary/aromatic N) is 2. The SMILES string of the molecule is CN1CCc2ccc(S(=O)(=O)N3C[C@@H](N)[C@H](c4ccccc4)C3)cc21.Cl. The minimum absolute atomic E-state index is 0. The molecule has 0 aliphatic carbocycles. The van der Waals surface area contributed by atoms with Gasteiger partial charge in [-0.25, -0.2) is 8.42 Å². The molecule has 2 aromatic rings. The second-order valence-electron chi connectivity index (χ2n) is 6.97. The number of anilines is 1. The first kappa shape index (κ1) is 19.2. The van der Waals surface area contributed by atoms with Crippen LogP contribution in [0.1, 0.15) is 17.0 Å². The maximum Gasteiger partial charge on any atom is 0.243 e. The van der Waals surface area contributed by atoms with E-state index in [1.54, 1.807) is 12.1 Å². The zero-order chi connectivity index (χ0) is 17.6. The van der Waals surface area contributed by atoms with Crippen LogP contribution in [0.25, 0.3) is 0 Å². The summed E-state index contributed by atoms with van der Waals surface area (Å²) in [5.41, 5.74) is 9.60. The Morgan fingerprint density at radius 3 is 2.54 bits per heavy atom. The van der Waals surface area contributed by atoms with E-state index in [1.165, 1.54) is 9.87 Å². The largest absolute Gasteiger partial charge is 0.374 e. The van der Waals surface area contributed by atoms with Crippen molar-refractivity contribution in [1.29, 1.82) is 0 Å². The number of benzene rings is 2. The third-order valence-corrected chi connectivity index (χ3v) is 7.21. The quantitative estimate of drug-likeness (QED) is 0.868. The molecule has 2 aliphatic rings. The summed E-state index contributed by atoms with van der Waals surface area (Å²) in [4.78, 5) is 2.47. The lowest BCUT2D eigenvalue weighted by Gasteiger charge is -2.18. The van der Waals surface area contributed by atoms with Crippen LogP contribution in [0.15, 0.2) is 53.4 Å². The third kappa shape index (κ3) is 3.22. The average molecular weight is 394 g/mol. The standard InChI is InChI=1S/C19H23N3O2S.ClH/c1-21-10-9-15-7-8-16(11-19(15)21)25(23,24)22-12-17(18(20)13-22)14-5-3-2-4-6-14;/h2-8,11,17-18H,9-10,12-13,20H2,1H3;1H/t17-,18+;/m0./s1. The monoisotopic (exact) mass is 393 g/mol. The molecule has 0 aromatic heterocycles. The molecule has 5 nitrogen and oxygen atoms in total. The summed E-state index contributed by atoms with van der Waals surface area (Å²) in [5.74, 6) is 0.0353. The minimum Gasteiger partial charge on any atom is -0.374 e. The van der Waals surface area contributed by atoms with E-state index in [9.17, 15) is 8.42 Å². The molecule has 0 unspecified atom stereocenters. The molecule has 4 rings (SSSR count). The fourth-order valence-corrected chi connectivity index (χ4v) is 5.39. The fourth-order valence-electron chi connectivity index (χ4n) is 3.87. The molecule has 7 heteroatoms. The predicted octanol–water partition coefficient (Wildman–Crippen LogP) is 2.22. The van der Waals surface area contributed by atoms with Gasteiger partial charge in [-0.15, -0.1) is 12.4 Å². The zero-order valence-electron chi connectivity index (χ0n) is 14.7. The lowest BCUT2D eigenvalue weighted by Crippen LogP contribution is -2.32. The van der Waals surface area contributed by atoms with E-state index in [-0.39, 0.29) is 24.4 Å². The van der Waals surface area contributed by atoms with Gasteiger partial charge in [-0.1, -0.05) is 36.4 Å². The van der Waals surface area contributed by atoms with E-state index < -0.39 is 10.0 Å². The molecule has 1 saturated heterocycles. The molecule has 1 fully saturated rings. The van der Waals surface area contributed by atoms with Crippen LogP contribution in [-0.4, -0.2) is 45.4 Å². The van der Waals surface area contributed by atoms with Gasteiger partial charge in [0.1, 0.15) is 0 Å². The molecule has 0 spiro atoms. The molecule has 140 valence electrons. The predicted molar refractivity (Wildman–Crippen MR) is 107 cm³/mol. The van der Waals surface area contributed by atoms with Gasteiger partial charge >= 0.3 is 0 Å². The van der Waals surface area contributed by atoms with E-state index in [2.05, 4.69) is 4.90 Å². The minimum atomic E-state index is -3.53. The Hall–Kier alpha value is -1.60. The van der Waals surface area contributed by atoms with Gasteiger partial charge in [-0.2, -0.15) is 4.31 Å². The summed E-state index contributed by atoms with van der Waals surface area (Å²) in [7, 11) is -1.53. The second kappa shape index (κ2) is 7.19. The van der Waals surface area contributed by atoms with Gasteiger partial charge in [0.25, 0.3) is 0 Å². The number of sulfonamides is 1. The van der Waals surface area contributed by atoms with Crippen molar-refractivity contribution in [2.24, 2.45) is 5.73 Å². The summed E-state index contributed by atoms with van der Waals surface area (Å²) in [6, 6.07) is 15.2. The summed E-state index contributed by atoms with van der Waals surface area (Å²) in [6.45, 7) is 1.72. The van der Waals surface area contributed by atoms with Crippen LogP contribution in [0, 0.1) is 0 Å². The number of hydrogen-bond acceptors (Lipinski definition) is 4. The highest BCUT2D eigenvalue weighted by atomic mass is 35.5. The van der Waals surface area contributed by atoms with Gasteiger partial charge in [0.2, 0.25) is 10.0 Å². The molecule has 0 saturated carbocycles. The smallest absolute Gasteiger partial charge is 0.243 e. The fraction of sp³-hybridized carbons (Fsp3) is 0.368. The van der Waals surface area contributed by atoms with E-state index in [0.29, 0.717) is 18.0 Å². The van der Waals surface area contributed by atoms with Crippen LogP contribution in [0.3, 0.4) is 0 Å². The molecule has 2 atom stereocenters. The molecular formula is C19H24ClN3O2S. The molecular weight excluding hydrogens is 370 g/mol. The third-order valence-electron chi connectivity index (χ3n) is 5.38. The molecule has 0 bridgehead atoms. The first-order chi connectivity index (χ1) is 12.0. The molecule has 0 radical (unpaired) electrons. The summed E-state index contributed by atoms with van der Waals surface area (Å²) < 4.78 is 27.8. The summed E-state index contributed by atoms with van der Waals surface area (Å²) >= 11 is 0. The topological polar surface area (TPSA) is 66.6 Å². The van der Waals surface area contributed by atoms with Crippen LogP contribution in [0.4, 0.5) is 5.69 Å². The highest BCUT2D eigenvalue weighted by molar-refractivity contribution is 7.89. The summed E-state index contributed by atoms with van der Waals surface area (Å²) in [6.07, 6.45) is 0.969. The number of halogens is 1. The van der Waals surface area contributed by atoms with Gasteiger partial charge in [-0.05, 0) is 29.7 Å². The lowest BCUT2D eigenvalue weighted by atomic mass is 9.95. The number of fused-ring (bicyclic) bond motifs is 1. The van der Waals surface area contributed by atoms with E-state index >= 15 is 0 Å². The van der Waals surface area contributed by atoms with Crippen molar-refractivity contribution < 1.29 is 8.42 Å². The van der Waals surface area contributed by atoms with Gasteiger partial charge in [-0.3, -0.25) is 0 Å². The Bertz CT molecular complexity index is 889. The van der Waals surface area contributed by atoms with Gasteiger partial charge in [0, 0.05) is 44.3 Å². The number of rotatable bonds is 3. The van der Waals surface area contributed by atoms with Gasteiger partial charge in [0.05, 0.1) is 4.90 Å². The normalized spacial score (nSPS) is 22.9. The van der Waals surface area contributed by atoms with Crippen molar-refractivity contribution in [3.05, 3.63) is 59.7 Å². The van der Waals surface area contributed by atoms with E-state index in [1.807, 2.05) is 43.4 Å². The highest BCUT2D eigenvalue weighted by Crippen LogP contribution is 2.34. The Kier molecular flexibility index (Phi) is 5.30. The second-order valence-corrected chi connectivity index (χ2v) is 8.90. The van der Waals surface area contributed by atoms with Gasteiger partial charge in [0.15, 0.2) is 0 Å². The van der Waals surface area contributed by atoms with Crippen molar-refractivity contribution in [3.8, 4) is 0 Å². The maximum atomic E-state index is 13.1. The van der Waals surface area contributed by atoms with Crippen molar-refractivity contribution in [2.75, 3.05) is 31.6 Å². The van der Waals surface area contributed by atoms with Crippen LogP contribution in [0.5, 0.6) is 0 Å². The van der Waals surface area contributed by atoms with Crippen LogP contribution in [-0.2, 0) is 16.4 Å². The molecule has 0 amide bonds. The molecule has 2 N–H and O–H groups in total. The molecule has 26 heavy (non-hydrogen) atoms. The first-order valence-corrected chi connectivity index (χ1v) is 10.1. The lowest BCUT2D eigenvalue weighted by molar-refractivity contribution is 0.470. The Labute approximate surface area is 161 Å². The average Bonchev–Trinajstić information content (AvgIpc) is 3.19. The van der Waals surface area contributed by atoms with Crippen LogP contribution >= 0.6 is 12.4 Å². The van der Waals surface area contributed by atoms with E-state index in [0.717, 1.165) is 24.2 Å². The molecule has 2 aliphatic heterocycles. The number of likely N-dealkylation sites (N-methyl/N-ethyl adjacent to an activating group) is 1. The first-order valence-electron chi connectivity index (χ1n) is 8.61. The van der Waals surface area contributed by atoms with E-state index in [4.69, 9.17) is 5.73 Å². The van der Waals surface area contributed by atoms with Crippen molar-refractivity contribution in [1.82, 2.24) is 4.31 Å². The van der Waals surface area contributed by atoms with Gasteiger partial charge < -0.3 is 10.6 Å². The summed E-state index contributed by atoms with van der Waals surface area (Å²) in [5, 5.41) is 0. The Morgan fingerprint density at radius 1 is 1.08 bits per heavy atom. The van der Waals surface area contributed by atoms with Crippen LogP contribution < -0.4 is 10.6 Å². The van der Waals surface area contributed by atoms with Crippen molar-refractivity contribution in [2.45, 2.75) is 23.3 Å². The molecule has 2 aromatic carbocycles. The van der Waals surface area contributed by atoms with Crippen molar-refractivity contribution >= 4 is 28.1 Å². The highest BCUT2D eigenvalue weighted by Gasteiger charge is 2.38. The Morgan fingerprint density at radius 2 is 1.81 bits per heavy atom. The number of nitrogens with two attached hydrogens (primary N) is 1. The molecule has 2 heterocycles. The van der Waals surface area contributed by atoms with Crippen LogP contribution in [0.2, 0.25) is 0 Å².